The van der Waals surface area contributed by atoms with Gasteiger partial charge in [-0.15, -0.1) is 0 Å². The number of nitrogens with zero attached hydrogens (tertiary/aromatic N) is 1. The van der Waals surface area contributed by atoms with Gasteiger partial charge in [0.25, 0.3) is 0 Å². The fourth-order valence-electron chi connectivity index (χ4n) is 1.49. The number of benzene rings is 1. The molecule has 0 aliphatic rings. The first kappa shape index (κ1) is 12.4. The number of phenolic OH excluding ortho intramolecular Hbond substituents is 1. The van der Waals surface area contributed by atoms with Crippen molar-refractivity contribution in [3.8, 4) is 17.0 Å². The Hall–Kier alpha value is -2.07. The Balaban J connectivity index is 2.48. The van der Waals surface area contributed by atoms with Crippen LogP contribution < -0.4 is 0 Å². The summed E-state index contributed by atoms with van der Waals surface area (Å²) in [5.41, 5.74) is 1.44. The summed E-state index contributed by atoms with van der Waals surface area (Å²) in [6.45, 7) is 0. The van der Waals surface area contributed by atoms with E-state index < -0.39 is 5.97 Å². The molecule has 1 aromatic heterocycles. The van der Waals surface area contributed by atoms with Gasteiger partial charge in [-0.05, 0) is 36.4 Å². The molecule has 1 heterocycles. The molecule has 1 N–H and O–H groups in total. The van der Waals surface area contributed by atoms with Gasteiger partial charge in [-0.2, -0.15) is 0 Å². The van der Waals surface area contributed by atoms with Crippen LogP contribution in [0.4, 0.5) is 0 Å². The molecule has 92 valence electrons. The Bertz CT molecular complexity index is 581. The van der Waals surface area contributed by atoms with Gasteiger partial charge in [0.2, 0.25) is 0 Å². The molecule has 2 aromatic rings. The number of rotatable bonds is 2. The molecule has 0 fully saturated rings. The Morgan fingerprint density at radius 2 is 1.94 bits per heavy atom. The van der Waals surface area contributed by atoms with Gasteiger partial charge in [-0.3, -0.25) is 0 Å². The van der Waals surface area contributed by atoms with Crippen molar-refractivity contribution < 1.29 is 14.6 Å². The highest BCUT2D eigenvalue weighted by Gasteiger charge is 2.11. The lowest BCUT2D eigenvalue weighted by Gasteiger charge is -2.05. The van der Waals surface area contributed by atoms with Crippen LogP contribution in [0.15, 0.2) is 36.4 Å². The molecule has 0 unspecified atom stereocenters. The number of esters is 1. The van der Waals surface area contributed by atoms with E-state index in [4.69, 9.17) is 11.6 Å². The third kappa shape index (κ3) is 2.60. The first-order valence-electron chi connectivity index (χ1n) is 5.15. The van der Waals surface area contributed by atoms with E-state index in [1.165, 1.54) is 25.3 Å². The average molecular weight is 264 g/mol. The van der Waals surface area contributed by atoms with Crippen molar-refractivity contribution >= 4 is 17.6 Å². The summed E-state index contributed by atoms with van der Waals surface area (Å²) in [6, 6.07) is 9.53. The van der Waals surface area contributed by atoms with Crippen LogP contribution >= 0.6 is 11.6 Å². The van der Waals surface area contributed by atoms with Gasteiger partial charge in [0.15, 0.2) is 5.69 Å². The zero-order chi connectivity index (χ0) is 13.1. The van der Waals surface area contributed by atoms with Gasteiger partial charge in [-0.25, -0.2) is 9.78 Å². The molecule has 0 amide bonds. The molecule has 0 aliphatic carbocycles. The molecular formula is C13H10ClNO3. The summed E-state index contributed by atoms with van der Waals surface area (Å²) in [6.07, 6.45) is 0. The molecule has 2 rings (SSSR count). The van der Waals surface area contributed by atoms with Gasteiger partial charge in [0.1, 0.15) is 5.75 Å². The van der Waals surface area contributed by atoms with Crippen molar-refractivity contribution in [2.45, 2.75) is 0 Å². The highest BCUT2D eigenvalue weighted by atomic mass is 35.5. The monoisotopic (exact) mass is 263 g/mol. The number of phenols is 1. The van der Waals surface area contributed by atoms with Crippen molar-refractivity contribution in [2.75, 3.05) is 7.11 Å². The van der Waals surface area contributed by atoms with Crippen molar-refractivity contribution in [2.24, 2.45) is 0 Å². The third-order valence-corrected chi connectivity index (χ3v) is 2.57. The second kappa shape index (κ2) is 5.06. The largest absolute Gasteiger partial charge is 0.508 e. The normalized spacial score (nSPS) is 10.1. The molecule has 0 radical (unpaired) electrons. The second-order valence-corrected chi connectivity index (χ2v) is 4.03. The van der Waals surface area contributed by atoms with Crippen LogP contribution in [-0.4, -0.2) is 23.2 Å². The van der Waals surface area contributed by atoms with Crippen LogP contribution in [0.2, 0.25) is 5.02 Å². The molecule has 0 aliphatic heterocycles. The minimum absolute atomic E-state index is 0.146. The molecule has 0 saturated heterocycles. The lowest BCUT2D eigenvalue weighted by molar-refractivity contribution is 0.0594. The van der Waals surface area contributed by atoms with Crippen LogP contribution in [0.3, 0.4) is 0 Å². The third-order valence-electron chi connectivity index (χ3n) is 2.35. The fraction of sp³-hybridized carbons (Fsp3) is 0.0769. The summed E-state index contributed by atoms with van der Waals surface area (Å²) in [5.74, 6) is -0.383. The van der Waals surface area contributed by atoms with Crippen LogP contribution in [0.1, 0.15) is 10.5 Å². The molecule has 4 nitrogen and oxygen atoms in total. The lowest BCUT2D eigenvalue weighted by atomic mass is 10.1. The molecule has 18 heavy (non-hydrogen) atoms. The van der Waals surface area contributed by atoms with Crippen molar-refractivity contribution in [1.82, 2.24) is 4.98 Å². The summed E-state index contributed by atoms with van der Waals surface area (Å²) in [7, 11) is 1.28. The summed E-state index contributed by atoms with van der Waals surface area (Å²) >= 11 is 5.94. The maximum atomic E-state index is 11.4. The van der Waals surface area contributed by atoms with Gasteiger partial charge < -0.3 is 9.84 Å². The minimum atomic E-state index is -0.544. The number of pyridine rings is 1. The maximum absolute atomic E-state index is 11.4. The quantitative estimate of drug-likeness (QED) is 0.847. The van der Waals surface area contributed by atoms with Gasteiger partial charge in [0.05, 0.1) is 12.8 Å². The number of hydrogen-bond donors (Lipinski definition) is 1. The van der Waals surface area contributed by atoms with Crippen LogP contribution in [0.5, 0.6) is 5.75 Å². The molecule has 0 atom stereocenters. The Labute approximate surface area is 109 Å². The Morgan fingerprint density at radius 1 is 1.28 bits per heavy atom. The van der Waals surface area contributed by atoms with Crippen molar-refractivity contribution in [3.63, 3.8) is 0 Å². The van der Waals surface area contributed by atoms with E-state index >= 15 is 0 Å². The number of ether oxygens (including phenoxy) is 1. The first-order valence-corrected chi connectivity index (χ1v) is 5.53. The summed E-state index contributed by atoms with van der Waals surface area (Å²) < 4.78 is 4.60. The highest BCUT2D eigenvalue weighted by Crippen LogP contribution is 2.23. The zero-order valence-electron chi connectivity index (χ0n) is 9.55. The second-order valence-electron chi connectivity index (χ2n) is 3.59. The highest BCUT2D eigenvalue weighted by molar-refractivity contribution is 6.31. The van der Waals surface area contributed by atoms with E-state index in [9.17, 15) is 9.90 Å². The number of aromatic hydroxyl groups is 1. The SMILES string of the molecule is COC(=O)c1cc(Cl)cc(-c2ccc(O)cc2)n1. The topological polar surface area (TPSA) is 59.4 Å². The van der Waals surface area contributed by atoms with Crippen molar-refractivity contribution in [1.29, 1.82) is 0 Å². The molecule has 0 bridgehead atoms. The van der Waals surface area contributed by atoms with E-state index in [1.54, 1.807) is 18.2 Å². The smallest absolute Gasteiger partial charge is 0.356 e. The molecule has 0 spiro atoms. The van der Waals surface area contributed by atoms with Crippen LogP contribution in [0, 0.1) is 0 Å². The Kier molecular flexibility index (Phi) is 3.48. The fourth-order valence-corrected chi connectivity index (χ4v) is 1.69. The molecule has 5 heteroatoms. The Morgan fingerprint density at radius 3 is 2.56 bits per heavy atom. The molecular weight excluding hydrogens is 254 g/mol. The van der Waals surface area contributed by atoms with E-state index in [0.717, 1.165) is 5.56 Å². The van der Waals surface area contributed by atoms with Crippen LogP contribution in [-0.2, 0) is 4.74 Å². The number of hydrogen-bond acceptors (Lipinski definition) is 4. The molecule has 1 aromatic carbocycles. The van der Waals surface area contributed by atoms with Crippen molar-refractivity contribution in [3.05, 3.63) is 47.1 Å². The van der Waals surface area contributed by atoms with Crippen LogP contribution in [0.25, 0.3) is 11.3 Å². The minimum Gasteiger partial charge on any atom is -0.508 e. The number of carbonyl (C=O) groups is 1. The van der Waals surface area contributed by atoms with E-state index in [2.05, 4.69) is 9.72 Å². The number of methoxy groups -OCH3 is 1. The number of carbonyl (C=O) groups excluding carboxylic acids is 1. The predicted octanol–water partition coefficient (Wildman–Crippen LogP) is 2.89. The standard InChI is InChI=1S/C13H10ClNO3/c1-18-13(17)12-7-9(14)6-11(15-12)8-2-4-10(16)5-3-8/h2-7,16H,1H3. The molecule has 0 saturated carbocycles. The zero-order valence-corrected chi connectivity index (χ0v) is 10.3. The van der Waals surface area contributed by atoms with Gasteiger partial charge in [-0.1, -0.05) is 11.6 Å². The average Bonchev–Trinajstić information content (AvgIpc) is 2.38. The maximum Gasteiger partial charge on any atom is 0.356 e. The van der Waals surface area contributed by atoms with E-state index in [-0.39, 0.29) is 11.4 Å². The first-order chi connectivity index (χ1) is 8.60. The summed E-state index contributed by atoms with van der Waals surface area (Å²) in [5, 5.41) is 9.62. The van der Waals surface area contributed by atoms with Gasteiger partial charge in [0, 0.05) is 10.6 Å². The van der Waals surface area contributed by atoms with E-state index in [1.807, 2.05) is 0 Å². The predicted molar refractivity (Wildman–Crippen MR) is 67.7 cm³/mol. The summed E-state index contributed by atoms with van der Waals surface area (Å²) in [4.78, 5) is 15.6. The number of aromatic nitrogens is 1. The van der Waals surface area contributed by atoms with Gasteiger partial charge >= 0.3 is 5.97 Å². The lowest BCUT2D eigenvalue weighted by Crippen LogP contribution is -2.04. The number of halogens is 1. The van der Waals surface area contributed by atoms with E-state index in [0.29, 0.717) is 10.7 Å².